The van der Waals surface area contributed by atoms with Gasteiger partial charge in [-0.2, -0.15) is 4.98 Å². The Balaban J connectivity index is 1.47. The maximum absolute atomic E-state index is 13.1. The Morgan fingerprint density at radius 3 is 2.67 bits per heavy atom. The lowest BCUT2D eigenvalue weighted by Crippen LogP contribution is -2.30. The van der Waals surface area contributed by atoms with Crippen molar-refractivity contribution in [1.29, 1.82) is 0 Å². The van der Waals surface area contributed by atoms with Crippen molar-refractivity contribution in [3.8, 4) is 17.1 Å². The van der Waals surface area contributed by atoms with E-state index in [1.54, 1.807) is 0 Å². The number of ether oxygens (including phenoxy) is 1. The minimum Gasteiger partial charge on any atom is -0.494 e. The second-order valence-corrected chi connectivity index (χ2v) is 7.71. The molecule has 30 heavy (non-hydrogen) atoms. The van der Waals surface area contributed by atoms with E-state index in [9.17, 15) is 4.79 Å². The number of hydrogen-bond donors (Lipinski definition) is 0. The fourth-order valence-electron chi connectivity index (χ4n) is 3.65. The van der Waals surface area contributed by atoms with Crippen LogP contribution in [0.15, 0.2) is 53.1 Å². The molecule has 1 saturated heterocycles. The van der Waals surface area contributed by atoms with Gasteiger partial charge in [0.2, 0.25) is 11.7 Å². The van der Waals surface area contributed by atoms with E-state index in [1.165, 1.54) is 5.56 Å². The van der Waals surface area contributed by atoms with E-state index in [4.69, 9.17) is 9.26 Å². The Morgan fingerprint density at radius 2 is 1.93 bits per heavy atom. The number of nitrogens with zero attached hydrogens (tertiary/aromatic N) is 3. The summed E-state index contributed by atoms with van der Waals surface area (Å²) in [5, 5.41) is 4.13. The van der Waals surface area contributed by atoms with Gasteiger partial charge >= 0.3 is 0 Å². The van der Waals surface area contributed by atoms with Crippen molar-refractivity contribution in [1.82, 2.24) is 15.0 Å². The third-order valence-electron chi connectivity index (χ3n) is 5.42. The number of aryl methyl sites for hydroxylation is 1. The van der Waals surface area contributed by atoms with Gasteiger partial charge in [-0.15, -0.1) is 0 Å². The van der Waals surface area contributed by atoms with Gasteiger partial charge in [0.15, 0.2) is 0 Å². The molecular formula is C24H27N3O3. The lowest BCUT2D eigenvalue weighted by atomic mass is 10.1. The molecule has 0 unspecified atom stereocenters. The highest BCUT2D eigenvalue weighted by atomic mass is 16.5. The van der Waals surface area contributed by atoms with Crippen LogP contribution >= 0.6 is 0 Å². The van der Waals surface area contributed by atoms with Gasteiger partial charge in [-0.3, -0.25) is 4.79 Å². The second kappa shape index (κ2) is 9.11. The van der Waals surface area contributed by atoms with Crippen LogP contribution in [0.1, 0.15) is 60.5 Å². The zero-order valence-corrected chi connectivity index (χ0v) is 17.5. The summed E-state index contributed by atoms with van der Waals surface area (Å²) in [4.78, 5) is 19.5. The molecule has 0 saturated carbocycles. The van der Waals surface area contributed by atoms with Gasteiger partial charge in [-0.05, 0) is 50.5 Å². The van der Waals surface area contributed by atoms with E-state index in [0.29, 0.717) is 30.4 Å². The summed E-state index contributed by atoms with van der Waals surface area (Å²) in [6.07, 6.45) is 3.84. The number of aromatic nitrogens is 2. The Bertz CT molecular complexity index is 980. The third kappa shape index (κ3) is 4.37. The maximum atomic E-state index is 13.1. The van der Waals surface area contributed by atoms with Crippen LogP contribution in [0.5, 0.6) is 5.75 Å². The standard InChI is InChI=1S/C24H27N3O3/c1-3-4-16-29-20-13-11-19(12-14-20)24(28)27-15-5-6-21(27)23-25-22(26-30-23)18-9-7-17(2)8-10-18/h7-14,21H,3-6,15-16H2,1-2H3/t21-/m0/s1. The molecule has 156 valence electrons. The van der Waals surface area contributed by atoms with Crippen LogP contribution in [0, 0.1) is 6.92 Å². The lowest BCUT2D eigenvalue weighted by molar-refractivity contribution is 0.0710. The van der Waals surface area contributed by atoms with Crippen LogP contribution in [0.25, 0.3) is 11.4 Å². The molecule has 3 aromatic rings. The van der Waals surface area contributed by atoms with Crippen LogP contribution < -0.4 is 4.74 Å². The monoisotopic (exact) mass is 405 g/mol. The third-order valence-corrected chi connectivity index (χ3v) is 5.42. The fourth-order valence-corrected chi connectivity index (χ4v) is 3.65. The smallest absolute Gasteiger partial charge is 0.254 e. The summed E-state index contributed by atoms with van der Waals surface area (Å²) < 4.78 is 11.2. The second-order valence-electron chi connectivity index (χ2n) is 7.71. The van der Waals surface area contributed by atoms with E-state index >= 15 is 0 Å². The molecule has 0 aliphatic carbocycles. The van der Waals surface area contributed by atoms with Crippen LogP contribution in [0.3, 0.4) is 0 Å². The van der Waals surface area contributed by atoms with Gasteiger partial charge in [-0.25, -0.2) is 0 Å². The molecule has 1 aromatic heterocycles. The Morgan fingerprint density at radius 1 is 1.17 bits per heavy atom. The van der Waals surface area contributed by atoms with Crippen molar-refractivity contribution < 1.29 is 14.1 Å². The number of benzene rings is 2. The number of carbonyl (C=O) groups excluding carboxylic acids is 1. The summed E-state index contributed by atoms with van der Waals surface area (Å²) >= 11 is 0. The molecular weight excluding hydrogens is 378 g/mol. The van der Waals surface area contributed by atoms with Crippen molar-refractivity contribution in [2.45, 2.75) is 45.6 Å². The zero-order chi connectivity index (χ0) is 20.9. The molecule has 4 rings (SSSR count). The van der Waals surface area contributed by atoms with Gasteiger partial charge < -0.3 is 14.2 Å². The number of amides is 1. The van der Waals surface area contributed by atoms with E-state index < -0.39 is 0 Å². The molecule has 1 amide bonds. The fraction of sp³-hybridized carbons (Fsp3) is 0.375. The van der Waals surface area contributed by atoms with Gasteiger partial charge in [-0.1, -0.05) is 48.3 Å². The predicted molar refractivity (Wildman–Crippen MR) is 114 cm³/mol. The largest absolute Gasteiger partial charge is 0.494 e. The van der Waals surface area contributed by atoms with Crippen LogP contribution in [0.4, 0.5) is 0 Å². The first-order chi connectivity index (χ1) is 14.7. The molecule has 1 aliphatic rings. The van der Waals surface area contributed by atoms with Gasteiger partial charge in [0.1, 0.15) is 11.8 Å². The van der Waals surface area contributed by atoms with Crippen molar-refractivity contribution in [3.05, 3.63) is 65.5 Å². The minimum atomic E-state index is -0.190. The molecule has 0 radical (unpaired) electrons. The summed E-state index contributed by atoms with van der Waals surface area (Å²) in [5.41, 5.74) is 2.73. The first kappa shape index (κ1) is 20.1. The molecule has 1 aliphatic heterocycles. The molecule has 2 aromatic carbocycles. The first-order valence-electron chi connectivity index (χ1n) is 10.6. The predicted octanol–water partition coefficient (Wildman–Crippen LogP) is 5.20. The Hall–Kier alpha value is -3.15. The summed E-state index contributed by atoms with van der Waals surface area (Å²) in [6.45, 7) is 5.54. The number of carbonyl (C=O) groups is 1. The molecule has 1 atom stereocenters. The summed E-state index contributed by atoms with van der Waals surface area (Å²) in [6, 6.07) is 15.2. The van der Waals surface area contributed by atoms with Crippen LogP contribution in [0.2, 0.25) is 0 Å². The number of rotatable bonds is 7. The molecule has 0 N–H and O–H groups in total. The molecule has 6 heteroatoms. The normalized spacial score (nSPS) is 16.1. The maximum Gasteiger partial charge on any atom is 0.254 e. The van der Waals surface area contributed by atoms with E-state index in [2.05, 4.69) is 17.1 Å². The molecule has 0 bridgehead atoms. The molecule has 6 nitrogen and oxygen atoms in total. The van der Waals surface area contributed by atoms with E-state index in [1.807, 2.05) is 60.4 Å². The quantitative estimate of drug-likeness (QED) is 0.505. The highest BCUT2D eigenvalue weighted by Gasteiger charge is 2.34. The SMILES string of the molecule is CCCCOc1ccc(C(=O)N2CCC[C@H]2c2nc(-c3ccc(C)cc3)no2)cc1. The van der Waals surface area contributed by atoms with E-state index in [0.717, 1.165) is 37.0 Å². The number of hydrogen-bond acceptors (Lipinski definition) is 5. The highest BCUT2D eigenvalue weighted by molar-refractivity contribution is 5.94. The zero-order valence-electron chi connectivity index (χ0n) is 17.5. The summed E-state index contributed by atoms with van der Waals surface area (Å²) in [7, 11) is 0. The van der Waals surface area contributed by atoms with Gasteiger partial charge in [0, 0.05) is 17.7 Å². The molecule has 2 heterocycles. The van der Waals surface area contributed by atoms with Crippen molar-refractivity contribution >= 4 is 5.91 Å². The minimum absolute atomic E-state index is 0.0207. The Kier molecular flexibility index (Phi) is 6.12. The molecule has 1 fully saturated rings. The van der Waals surface area contributed by atoms with Crippen molar-refractivity contribution in [2.24, 2.45) is 0 Å². The Labute approximate surface area is 176 Å². The van der Waals surface area contributed by atoms with Crippen molar-refractivity contribution in [3.63, 3.8) is 0 Å². The average Bonchev–Trinajstić information content (AvgIpc) is 3.44. The number of likely N-dealkylation sites (tertiary alicyclic amines) is 1. The lowest BCUT2D eigenvalue weighted by Gasteiger charge is -2.22. The van der Waals surface area contributed by atoms with Crippen molar-refractivity contribution in [2.75, 3.05) is 13.2 Å². The van der Waals surface area contributed by atoms with E-state index in [-0.39, 0.29) is 11.9 Å². The molecule has 0 spiro atoms. The topological polar surface area (TPSA) is 68.5 Å². The first-order valence-corrected chi connectivity index (χ1v) is 10.6. The van der Waals surface area contributed by atoms with Gasteiger partial charge in [0.05, 0.1) is 6.61 Å². The summed E-state index contributed by atoms with van der Waals surface area (Å²) in [5.74, 6) is 1.82. The number of unbranched alkanes of at least 4 members (excludes halogenated alkanes) is 1. The average molecular weight is 405 g/mol. The van der Waals surface area contributed by atoms with Crippen LogP contribution in [-0.2, 0) is 0 Å². The van der Waals surface area contributed by atoms with Crippen LogP contribution in [-0.4, -0.2) is 34.1 Å². The highest BCUT2D eigenvalue weighted by Crippen LogP contribution is 2.33. The van der Waals surface area contributed by atoms with Gasteiger partial charge in [0.25, 0.3) is 5.91 Å².